The molecule has 19 heavy (non-hydrogen) atoms. The number of benzene rings is 1. The number of sulfonamides is 1. The third-order valence-electron chi connectivity index (χ3n) is 3.61. The van der Waals surface area contributed by atoms with E-state index in [-0.39, 0.29) is 12.6 Å². The second-order valence-corrected chi connectivity index (χ2v) is 6.98. The molecule has 1 fully saturated rings. The summed E-state index contributed by atoms with van der Waals surface area (Å²) in [6, 6.07) is 7.12. The normalized spacial score (nSPS) is 16.6. The fourth-order valence-corrected chi connectivity index (χ4v) is 4.14. The second-order valence-electron chi connectivity index (χ2n) is 5.09. The van der Waals surface area contributed by atoms with Crippen molar-refractivity contribution in [2.75, 3.05) is 13.2 Å². The average Bonchev–Trinajstić information content (AvgIpc) is 2.31. The van der Waals surface area contributed by atoms with Crippen LogP contribution in [0.25, 0.3) is 0 Å². The molecule has 0 amide bonds. The summed E-state index contributed by atoms with van der Waals surface area (Å²) >= 11 is 0. The van der Waals surface area contributed by atoms with Crippen LogP contribution in [0, 0.1) is 6.92 Å². The molecule has 0 aliphatic heterocycles. The quantitative estimate of drug-likeness (QED) is 0.867. The first-order valence-electron chi connectivity index (χ1n) is 6.75. The molecular weight excluding hydrogens is 262 g/mol. The highest BCUT2D eigenvalue weighted by Crippen LogP contribution is 2.30. The molecule has 0 radical (unpaired) electrons. The molecular formula is C14H21NO3S. The largest absolute Gasteiger partial charge is 0.396 e. The van der Waals surface area contributed by atoms with Crippen molar-refractivity contribution in [2.24, 2.45) is 0 Å². The minimum Gasteiger partial charge on any atom is -0.396 e. The lowest BCUT2D eigenvalue weighted by Crippen LogP contribution is -2.44. The van der Waals surface area contributed by atoms with Crippen LogP contribution in [0.3, 0.4) is 0 Å². The Hall–Kier alpha value is -0.910. The van der Waals surface area contributed by atoms with Crippen molar-refractivity contribution in [3.8, 4) is 0 Å². The molecule has 1 aliphatic carbocycles. The SMILES string of the molecule is Cc1cccc(S(=O)(=O)N(CCCO)C2CCC2)c1. The van der Waals surface area contributed by atoms with E-state index in [4.69, 9.17) is 5.11 Å². The molecule has 1 saturated carbocycles. The van der Waals surface area contributed by atoms with Crippen LogP contribution in [-0.4, -0.2) is 37.0 Å². The van der Waals surface area contributed by atoms with Gasteiger partial charge in [-0.25, -0.2) is 8.42 Å². The molecule has 0 unspecified atom stereocenters. The van der Waals surface area contributed by atoms with Gasteiger partial charge in [-0.2, -0.15) is 4.31 Å². The maximum Gasteiger partial charge on any atom is 0.243 e. The monoisotopic (exact) mass is 283 g/mol. The van der Waals surface area contributed by atoms with E-state index in [1.165, 1.54) is 0 Å². The van der Waals surface area contributed by atoms with Gasteiger partial charge in [0.25, 0.3) is 0 Å². The third kappa shape index (κ3) is 3.16. The van der Waals surface area contributed by atoms with E-state index in [9.17, 15) is 8.42 Å². The van der Waals surface area contributed by atoms with Gasteiger partial charge >= 0.3 is 0 Å². The summed E-state index contributed by atoms with van der Waals surface area (Å²) in [5.41, 5.74) is 0.941. The lowest BCUT2D eigenvalue weighted by atomic mass is 9.93. The number of aryl methyl sites for hydroxylation is 1. The van der Waals surface area contributed by atoms with Gasteiger partial charge in [-0.15, -0.1) is 0 Å². The van der Waals surface area contributed by atoms with Crippen molar-refractivity contribution < 1.29 is 13.5 Å². The van der Waals surface area contributed by atoms with Gasteiger partial charge in [0.2, 0.25) is 10.0 Å². The molecule has 1 N–H and O–H groups in total. The van der Waals surface area contributed by atoms with Crippen molar-refractivity contribution in [3.05, 3.63) is 29.8 Å². The minimum absolute atomic E-state index is 0.0204. The highest BCUT2D eigenvalue weighted by Gasteiger charge is 2.34. The zero-order valence-electron chi connectivity index (χ0n) is 11.2. The van der Waals surface area contributed by atoms with E-state index < -0.39 is 10.0 Å². The summed E-state index contributed by atoms with van der Waals surface area (Å²) in [6.07, 6.45) is 3.43. The number of nitrogens with zero attached hydrogens (tertiary/aromatic N) is 1. The van der Waals surface area contributed by atoms with Crippen molar-refractivity contribution in [1.82, 2.24) is 4.31 Å². The molecule has 0 saturated heterocycles. The highest BCUT2D eigenvalue weighted by molar-refractivity contribution is 7.89. The highest BCUT2D eigenvalue weighted by atomic mass is 32.2. The molecule has 0 spiro atoms. The maximum atomic E-state index is 12.7. The average molecular weight is 283 g/mol. The minimum atomic E-state index is -3.43. The molecule has 1 aromatic carbocycles. The van der Waals surface area contributed by atoms with Crippen LogP contribution in [-0.2, 0) is 10.0 Å². The first-order chi connectivity index (χ1) is 9.05. The van der Waals surface area contributed by atoms with Crippen LogP contribution in [0.2, 0.25) is 0 Å². The maximum absolute atomic E-state index is 12.7. The van der Waals surface area contributed by atoms with Gasteiger partial charge in [-0.05, 0) is 43.9 Å². The summed E-state index contributed by atoms with van der Waals surface area (Å²) in [5.74, 6) is 0. The summed E-state index contributed by atoms with van der Waals surface area (Å²) in [6.45, 7) is 2.31. The van der Waals surface area contributed by atoms with Gasteiger partial charge in [-0.3, -0.25) is 0 Å². The smallest absolute Gasteiger partial charge is 0.243 e. The number of hydrogen-bond acceptors (Lipinski definition) is 3. The Morgan fingerprint density at radius 2 is 2.11 bits per heavy atom. The van der Waals surface area contributed by atoms with E-state index >= 15 is 0 Å². The molecule has 2 rings (SSSR count). The second kappa shape index (κ2) is 6.03. The van der Waals surface area contributed by atoms with Crippen LogP contribution in [0.1, 0.15) is 31.2 Å². The molecule has 1 aliphatic rings. The van der Waals surface area contributed by atoms with E-state index in [0.717, 1.165) is 24.8 Å². The first-order valence-corrected chi connectivity index (χ1v) is 8.19. The lowest BCUT2D eigenvalue weighted by Gasteiger charge is -2.36. The molecule has 5 heteroatoms. The fraction of sp³-hybridized carbons (Fsp3) is 0.571. The van der Waals surface area contributed by atoms with Crippen LogP contribution in [0.15, 0.2) is 29.2 Å². The number of aliphatic hydroxyl groups excluding tert-OH is 1. The van der Waals surface area contributed by atoms with Crippen molar-refractivity contribution in [3.63, 3.8) is 0 Å². The van der Waals surface area contributed by atoms with E-state index in [1.807, 2.05) is 13.0 Å². The molecule has 0 heterocycles. The summed E-state index contributed by atoms with van der Waals surface area (Å²) in [7, 11) is -3.43. The Morgan fingerprint density at radius 3 is 2.63 bits per heavy atom. The predicted octanol–water partition coefficient (Wildman–Crippen LogP) is 1.92. The summed E-state index contributed by atoms with van der Waals surface area (Å²) in [4.78, 5) is 0.359. The Balaban J connectivity index is 2.27. The zero-order valence-corrected chi connectivity index (χ0v) is 12.1. The number of aliphatic hydroxyl groups is 1. The van der Waals surface area contributed by atoms with Gasteiger partial charge in [0.15, 0.2) is 0 Å². The fourth-order valence-electron chi connectivity index (χ4n) is 2.31. The Labute approximate surface area is 115 Å². The van der Waals surface area contributed by atoms with Crippen LogP contribution in [0.4, 0.5) is 0 Å². The standard InChI is InChI=1S/C14H21NO3S/c1-12-5-2-8-14(11-12)19(17,18)15(9-4-10-16)13-6-3-7-13/h2,5,8,11,13,16H,3-4,6-7,9-10H2,1H3. The summed E-state index contributed by atoms with van der Waals surface area (Å²) < 4.78 is 26.9. The number of rotatable bonds is 6. The van der Waals surface area contributed by atoms with Crippen molar-refractivity contribution in [1.29, 1.82) is 0 Å². The molecule has 106 valence electrons. The van der Waals surface area contributed by atoms with Crippen LogP contribution < -0.4 is 0 Å². The predicted molar refractivity (Wildman–Crippen MR) is 74.4 cm³/mol. The Kier molecular flexibility index (Phi) is 4.60. The number of hydrogen-bond donors (Lipinski definition) is 1. The van der Waals surface area contributed by atoms with Gasteiger partial charge in [0, 0.05) is 19.2 Å². The van der Waals surface area contributed by atoms with E-state index in [0.29, 0.717) is 17.9 Å². The Morgan fingerprint density at radius 1 is 1.37 bits per heavy atom. The topological polar surface area (TPSA) is 57.6 Å². The third-order valence-corrected chi connectivity index (χ3v) is 5.56. The molecule has 0 atom stereocenters. The first kappa shape index (κ1) is 14.5. The van der Waals surface area contributed by atoms with E-state index in [2.05, 4.69) is 0 Å². The van der Waals surface area contributed by atoms with Crippen LogP contribution >= 0.6 is 0 Å². The van der Waals surface area contributed by atoms with Gasteiger partial charge in [-0.1, -0.05) is 18.6 Å². The van der Waals surface area contributed by atoms with Gasteiger partial charge in [0.1, 0.15) is 0 Å². The summed E-state index contributed by atoms with van der Waals surface area (Å²) in [5, 5.41) is 8.95. The molecule has 4 nitrogen and oxygen atoms in total. The van der Waals surface area contributed by atoms with E-state index in [1.54, 1.807) is 22.5 Å². The van der Waals surface area contributed by atoms with Gasteiger partial charge < -0.3 is 5.11 Å². The lowest BCUT2D eigenvalue weighted by molar-refractivity contribution is 0.198. The van der Waals surface area contributed by atoms with Crippen molar-refractivity contribution >= 4 is 10.0 Å². The molecule has 1 aromatic rings. The zero-order chi connectivity index (χ0) is 13.9. The van der Waals surface area contributed by atoms with Gasteiger partial charge in [0.05, 0.1) is 4.90 Å². The molecule has 0 aromatic heterocycles. The molecule has 0 bridgehead atoms. The van der Waals surface area contributed by atoms with Crippen molar-refractivity contribution in [2.45, 2.75) is 43.5 Å². The van der Waals surface area contributed by atoms with Crippen LogP contribution in [0.5, 0.6) is 0 Å². The Bertz CT molecular complexity index is 523.